The highest BCUT2D eigenvalue weighted by Crippen LogP contribution is 2.13. The largest absolute Gasteiger partial charge is 0.326 e. The molecular formula is C14H13IN2O. The summed E-state index contributed by atoms with van der Waals surface area (Å²) in [7, 11) is 0. The summed E-state index contributed by atoms with van der Waals surface area (Å²) in [4.78, 5) is 12.0. The van der Waals surface area contributed by atoms with Gasteiger partial charge in [0.15, 0.2) is 0 Å². The summed E-state index contributed by atoms with van der Waals surface area (Å²) >= 11 is 2.22. The van der Waals surface area contributed by atoms with Gasteiger partial charge in [-0.05, 0) is 64.6 Å². The zero-order chi connectivity index (χ0) is 13.0. The molecule has 2 rings (SSSR count). The minimum atomic E-state index is -0.111. The van der Waals surface area contributed by atoms with E-state index in [0.717, 1.165) is 14.8 Å². The molecule has 0 aliphatic rings. The third-order valence-corrected chi connectivity index (χ3v) is 3.27. The molecule has 3 nitrogen and oxygen atoms in total. The van der Waals surface area contributed by atoms with E-state index < -0.39 is 0 Å². The molecule has 0 fully saturated rings. The number of amides is 1. The average molecular weight is 352 g/mol. The van der Waals surface area contributed by atoms with Crippen LogP contribution in [-0.4, -0.2) is 5.91 Å². The van der Waals surface area contributed by atoms with E-state index in [0.29, 0.717) is 12.1 Å². The Balaban J connectivity index is 2.09. The molecule has 0 heterocycles. The van der Waals surface area contributed by atoms with Crippen LogP contribution in [-0.2, 0) is 6.54 Å². The van der Waals surface area contributed by atoms with Gasteiger partial charge in [-0.1, -0.05) is 12.1 Å². The van der Waals surface area contributed by atoms with Crippen LogP contribution in [0.1, 0.15) is 15.9 Å². The molecule has 2 aromatic carbocycles. The summed E-state index contributed by atoms with van der Waals surface area (Å²) < 4.78 is 1.14. The van der Waals surface area contributed by atoms with Gasteiger partial charge in [0, 0.05) is 21.4 Å². The monoisotopic (exact) mass is 352 g/mol. The summed E-state index contributed by atoms with van der Waals surface area (Å²) in [5, 5.41) is 2.85. The van der Waals surface area contributed by atoms with Crippen LogP contribution in [0.25, 0.3) is 0 Å². The Hall–Kier alpha value is -1.40. The number of carbonyl (C=O) groups excluding carboxylic acids is 1. The highest BCUT2D eigenvalue weighted by Gasteiger charge is 2.05. The Kier molecular flexibility index (Phi) is 4.33. The van der Waals surface area contributed by atoms with Crippen molar-refractivity contribution in [1.29, 1.82) is 0 Å². The van der Waals surface area contributed by atoms with Crippen LogP contribution >= 0.6 is 22.6 Å². The second-order valence-electron chi connectivity index (χ2n) is 3.86. The lowest BCUT2D eigenvalue weighted by Crippen LogP contribution is -2.12. The van der Waals surface area contributed by atoms with Crippen molar-refractivity contribution in [2.75, 3.05) is 5.32 Å². The molecule has 4 heteroatoms. The number of hydrogen-bond donors (Lipinski definition) is 2. The van der Waals surface area contributed by atoms with Gasteiger partial charge in [-0.25, -0.2) is 0 Å². The van der Waals surface area contributed by atoms with Crippen LogP contribution in [0, 0.1) is 3.57 Å². The summed E-state index contributed by atoms with van der Waals surface area (Å²) in [6, 6.07) is 15.0. The van der Waals surface area contributed by atoms with E-state index in [1.54, 1.807) is 12.1 Å². The SMILES string of the molecule is NCc1ccc(C(=O)Nc2ccc(I)cc2)cc1. The van der Waals surface area contributed by atoms with Gasteiger partial charge in [-0.3, -0.25) is 4.79 Å². The van der Waals surface area contributed by atoms with E-state index >= 15 is 0 Å². The molecule has 1 amide bonds. The van der Waals surface area contributed by atoms with Gasteiger partial charge < -0.3 is 11.1 Å². The van der Waals surface area contributed by atoms with Gasteiger partial charge in [-0.2, -0.15) is 0 Å². The van der Waals surface area contributed by atoms with E-state index in [9.17, 15) is 4.79 Å². The first-order valence-corrected chi connectivity index (χ1v) is 6.63. The molecule has 3 N–H and O–H groups in total. The lowest BCUT2D eigenvalue weighted by Gasteiger charge is -2.06. The second-order valence-corrected chi connectivity index (χ2v) is 5.11. The van der Waals surface area contributed by atoms with E-state index in [1.165, 1.54) is 0 Å². The van der Waals surface area contributed by atoms with Crippen molar-refractivity contribution in [2.24, 2.45) is 5.73 Å². The van der Waals surface area contributed by atoms with E-state index in [1.807, 2.05) is 36.4 Å². The highest BCUT2D eigenvalue weighted by molar-refractivity contribution is 14.1. The van der Waals surface area contributed by atoms with Crippen molar-refractivity contribution in [2.45, 2.75) is 6.54 Å². The molecule has 0 atom stereocenters. The van der Waals surface area contributed by atoms with Crippen molar-refractivity contribution in [3.8, 4) is 0 Å². The number of hydrogen-bond acceptors (Lipinski definition) is 2. The molecule has 18 heavy (non-hydrogen) atoms. The Labute approximate surface area is 120 Å². The van der Waals surface area contributed by atoms with Crippen molar-refractivity contribution < 1.29 is 4.79 Å². The topological polar surface area (TPSA) is 55.1 Å². The number of rotatable bonds is 3. The van der Waals surface area contributed by atoms with Crippen LogP contribution in [0.3, 0.4) is 0 Å². The van der Waals surface area contributed by atoms with Crippen LogP contribution in [0.15, 0.2) is 48.5 Å². The first-order valence-electron chi connectivity index (χ1n) is 5.55. The summed E-state index contributed by atoms with van der Waals surface area (Å²) in [5.74, 6) is -0.111. The van der Waals surface area contributed by atoms with Crippen molar-refractivity contribution in [1.82, 2.24) is 0 Å². The predicted molar refractivity (Wildman–Crippen MR) is 81.4 cm³/mol. The number of benzene rings is 2. The maximum absolute atomic E-state index is 12.0. The van der Waals surface area contributed by atoms with Gasteiger partial charge in [-0.15, -0.1) is 0 Å². The number of nitrogens with two attached hydrogens (primary N) is 1. The number of anilines is 1. The number of nitrogens with one attached hydrogen (secondary N) is 1. The maximum Gasteiger partial charge on any atom is 0.255 e. The maximum atomic E-state index is 12.0. The molecule has 0 saturated heterocycles. The molecule has 92 valence electrons. The first kappa shape index (κ1) is 13.0. The molecule has 0 bridgehead atoms. The second kappa shape index (κ2) is 5.97. The summed E-state index contributed by atoms with van der Waals surface area (Å²) in [6.45, 7) is 0.485. The minimum Gasteiger partial charge on any atom is -0.326 e. The van der Waals surface area contributed by atoms with Crippen molar-refractivity contribution in [3.63, 3.8) is 0 Å². The molecule has 0 spiro atoms. The Morgan fingerprint density at radius 1 is 1.06 bits per heavy atom. The highest BCUT2D eigenvalue weighted by atomic mass is 127. The standard InChI is InChI=1S/C14H13IN2O/c15-12-5-7-13(8-6-12)17-14(18)11-3-1-10(9-16)2-4-11/h1-8H,9,16H2,(H,17,18). The fraction of sp³-hybridized carbons (Fsp3) is 0.0714. The minimum absolute atomic E-state index is 0.111. The Morgan fingerprint density at radius 3 is 2.22 bits per heavy atom. The molecule has 0 aliphatic heterocycles. The number of halogens is 1. The third kappa shape index (κ3) is 3.30. The van der Waals surface area contributed by atoms with Crippen molar-refractivity contribution in [3.05, 3.63) is 63.2 Å². The van der Waals surface area contributed by atoms with Gasteiger partial charge in [0.2, 0.25) is 0 Å². The van der Waals surface area contributed by atoms with Gasteiger partial charge in [0.1, 0.15) is 0 Å². The van der Waals surface area contributed by atoms with E-state index in [-0.39, 0.29) is 5.91 Å². The lowest BCUT2D eigenvalue weighted by atomic mass is 10.1. The molecule has 0 radical (unpaired) electrons. The van der Waals surface area contributed by atoms with Crippen molar-refractivity contribution >= 4 is 34.2 Å². The number of carbonyl (C=O) groups is 1. The van der Waals surface area contributed by atoms with E-state index in [2.05, 4.69) is 27.9 Å². The molecular weight excluding hydrogens is 339 g/mol. The van der Waals surface area contributed by atoms with Crippen LogP contribution in [0.2, 0.25) is 0 Å². The molecule has 0 aliphatic carbocycles. The third-order valence-electron chi connectivity index (χ3n) is 2.55. The predicted octanol–water partition coefficient (Wildman–Crippen LogP) is 3.00. The average Bonchev–Trinajstić information content (AvgIpc) is 2.41. The molecule has 0 aromatic heterocycles. The van der Waals surface area contributed by atoms with Gasteiger partial charge in [0.25, 0.3) is 5.91 Å². The fourth-order valence-electron chi connectivity index (χ4n) is 1.53. The molecule has 0 saturated carbocycles. The zero-order valence-electron chi connectivity index (χ0n) is 9.69. The quantitative estimate of drug-likeness (QED) is 0.835. The van der Waals surface area contributed by atoms with Crippen LogP contribution < -0.4 is 11.1 Å². The molecule has 0 unspecified atom stereocenters. The summed E-state index contributed by atoms with van der Waals surface area (Å²) in [5.41, 5.74) is 7.95. The van der Waals surface area contributed by atoms with Gasteiger partial charge >= 0.3 is 0 Å². The fourth-order valence-corrected chi connectivity index (χ4v) is 1.89. The van der Waals surface area contributed by atoms with Crippen LogP contribution in [0.4, 0.5) is 5.69 Å². The zero-order valence-corrected chi connectivity index (χ0v) is 11.8. The molecule has 2 aromatic rings. The smallest absolute Gasteiger partial charge is 0.255 e. The van der Waals surface area contributed by atoms with Gasteiger partial charge in [0.05, 0.1) is 0 Å². The Bertz CT molecular complexity index is 535. The Morgan fingerprint density at radius 2 is 1.67 bits per heavy atom. The van der Waals surface area contributed by atoms with Crippen LogP contribution in [0.5, 0.6) is 0 Å². The first-order chi connectivity index (χ1) is 8.69. The summed E-state index contributed by atoms with van der Waals surface area (Å²) in [6.07, 6.45) is 0. The normalized spacial score (nSPS) is 10.1. The van der Waals surface area contributed by atoms with E-state index in [4.69, 9.17) is 5.73 Å². The lowest BCUT2D eigenvalue weighted by molar-refractivity contribution is 0.102.